The van der Waals surface area contributed by atoms with Crippen LogP contribution in [-0.4, -0.2) is 56.9 Å². The second-order valence-electron chi connectivity index (χ2n) is 8.73. The number of ether oxygens (including phenoxy) is 3. The number of likely N-dealkylation sites (N-methyl/N-ethyl adjacent to an activating group) is 1. The molecule has 1 heterocycles. The molecule has 1 aliphatic heterocycles. The highest BCUT2D eigenvalue weighted by molar-refractivity contribution is 5.77. The summed E-state index contributed by atoms with van der Waals surface area (Å²) in [6.45, 7) is 7.96. The monoisotopic (exact) mass is 454 g/mol. The zero-order chi connectivity index (χ0) is 23.5. The van der Waals surface area contributed by atoms with Crippen molar-refractivity contribution in [1.82, 2.24) is 10.2 Å². The van der Waals surface area contributed by atoms with Gasteiger partial charge in [-0.1, -0.05) is 44.2 Å². The first-order valence-corrected chi connectivity index (χ1v) is 12.0. The van der Waals surface area contributed by atoms with Gasteiger partial charge in [0.15, 0.2) is 6.61 Å². The van der Waals surface area contributed by atoms with E-state index in [0.29, 0.717) is 25.1 Å². The van der Waals surface area contributed by atoms with Crippen LogP contribution >= 0.6 is 0 Å². The average Bonchev–Trinajstić information content (AvgIpc) is 2.86. The third-order valence-electron chi connectivity index (χ3n) is 6.34. The van der Waals surface area contributed by atoms with Crippen molar-refractivity contribution in [3.8, 4) is 11.5 Å². The van der Waals surface area contributed by atoms with E-state index in [9.17, 15) is 4.79 Å². The summed E-state index contributed by atoms with van der Waals surface area (Å²) in [5.41, 5.74) is 2.14. The Morgan fingerprint density at radius 2 is 1.94 bits per heavy atom. The van der Waals surface area contributed by atoms with Gasteiger partial charge in [0.05, 0.1) is 0 Å². The zero-order valence-electron chi connectivity index (χ0n) is 20.2. The molecule has 1 aliphatic rings. The van der Waals surface area contributed by atoms with E-state index in [2.05, 4.69) is 37.2 Å². The average molecular weight is 455 g/mol. The van der Waals surface area contributed by atoms with Gasteiger partial charge in [0.2, 0.25) is 0 Å². The molecule has 1 saturated heterocycles. The fourth-order valence-electron chi connectivity index (χ4n) is 4.00. The second-order valence-corrected chi connectivity index (χ2v) is 8.73. The summed E-state index contributed by atoms with van der Waals surface area (Å²) >= 11 is 0. The summed E-state index contributed by atoms with van der Waals surface area (Å²) < 4.78 is 17.2. The number of amides is 1. The van der Waals surface area contributed by atoms with Crippen LogP contribution in [-0.2, 0) is 16.1 Å². The summed E-state index contributed by atoms with van der Waals surface area (Å²) in [6, 6.07) is 16.4. The van der Waals surface area contributed by atoms with Gasteiger partial charge in [0.25, 0.3) is 5.91 Å². The van der Waals surface area contributed by atoms with Gasteiger partial charge in [-0.05, 0) is 61.6 Å². The fraction of sp³-hybridized carbons (Fsp3) is 0.519. The number of nitrogens with one attached hydrogen (secondary N) is 1. The van der Waals surface area contributed by atoms with Crippen molar-refractivity contribution in [2.24, 2.45) is 0 Å². The van der Waals surface area contributed by atoms with Crippen LogP contribution in [0.25, 0.3) is 0 Å². The molecule has 2 aromatic rings. The smallest absolute Gasteiger partial charge is 0.258 e. The third kappa shape index (κ3) is 8.06. The van der Waals surface area contributed by atoms with Crippen LogP contribution in [0.5, 0.6) is 11.5 Å². The molecule has 33 heavy (non-hydrogen) atoms. The van der Waals surface area contributed by atoms with Crippen LogP contribution in [0.2, 0.25) is 0 Å². The van der Waals surface area contributed by atoms with Crippen LogP contribution in [0.15, 0.2) is 48.5 Å². The van der Waals surface area contributed by atoms with E-state index in [0.717, 1.165) is 61.6 Å². The van der Waals surface area contributed by atoms with E-state index in [1.165, 1.54) is 0 Å². The van der Waals surface area contributed by atoms with Gasteiger partial charge in [0.1, 0.15) is 18.1 Å². The van der Waals surface area contributed by atoms with Crippen molar-refractivity contribution >= 4 is 5.91 Å². The summed E-state index contributed by atoms with van der Waals surface area (Å²) in [5, 5.41) is 2.94. The van der Waals surface area contributed by atoms with Crippen molar-refractivity contribution in [3.05, 3.63) is 59.7 Å². The Hall–Kier alpha value is -2.57. The topological polar surface area (TPSA) is 60.0 Å². The van der Waals surface area contributed by atoms with Gasteiger partial charge >= 0.3 is 0 Å². The number of hydrogen-bond donors (Lipinski definition) is 1. The summed E-state index contributed by atoms with van der Waals surface area (Å²) in [4.78, 5) is 14.7. The number of carbonyl (C=O) groups is 1. The molecule has 0 aliphatic carbocycles. The van der Waals surface area contributed by atoms with E-state index in [4.69, 9.17) is 14.2 Å². The molecule has 0 spiro atoms. The van der Waals surface area contributed by atoms with Crippen LogP contribution in [0.3, 0.4) is 0 Å². The van der Waals surface area contributed by atoms with Crippen LogP contribution < -0.4 is 14.8 Å². The third-order valence-corrected chi connectivity index (χ3v) is 6.34. The van der Waals surface area contributed by atoms with E-state index in [1.807, 2.05) is 42.5 Å². The van der Waals surface area contributed by atoms with Gasteiger partial charge in [0, 0.05) is 32.3 Å². The maximum Gasteiger partial charge on any atom is 0.258 e. The Labute approximate surface area is 198 Å². The second kappa shape index (κ2) is 13.2. The predicted octanol–water partition coefficient (Wildman–Crippen LogP) is 4.38. The molecule has 1 fully saturated rings. The number of para-hydroxylation sites is 1. The first-order valence-electron chi connectivity index (χ1n) is 12.0. The van der Waals surface area contributed by atoms with Gasteiger partial charge < -0.3 is 19.5 Å². The van der Waals surface area contributed by atoms with Crippen LogP contribution in [0.1, 0.15) is 50.2 Å². The first-order chi connectivity index (χ1) is 16.1. The minimum Gasteiger partial charge on any atom is -0.492 e. The normalized spacial score (nSPS) is 15.3. The number of nitrogens with zero attached hydrogens (tertiary/aromatic N) is 1. The molecule has 1 amide bonds. The molecule has 1 N–H and O–H groups in total. The maximum atomic E-state index is 12.3. The molecule has 6 nitrogen and oxygen atoms in total. The number of benzene rings is 2. The highest BCUT2D eigenvalue weighted by atomic mass is 16.5. The lowest BCUT2D eigenvalue weighted by molar-refractivity contribution is -0.123. The molecular weight excluding hydrogens is 416 g/mol. The minimum absolute atomic E-state index is 0.00216. The minimum atomic E-state index is -0.140. The lowest BCUT2D eigenvalue weighted by Gasteiger charge is -2.31. The van der Waals surface area contributed by atoms with Crippen molar-refractivity contribution in [1.29, 1.82) is 0 Å². The van der Waals surface area contributed by atoms with Gasteiger partial charge in [-0.2, -0.15) is 0 Å². The van der Waals surface area contributed by atoms with Crippen molar-refractivity contribution < 1.29 is 19.0 Å². The van der Waals surface area contributed by atoms with Gasteiger partial charge in [-0.3, -0.25) is 9.69 Å². The molecule has 0 radical (unpaired) electrons. The summed E-state index contributed by atoms with van der Waals surface area (Å²) in [6.07, 6.45) is 3.19. The van der Waals surface area contributed by atoms with Crippen molar-refractivity contribution in [2.45, 2.75) is 51.6 Å². The number of carbonyl (C=O) groups excluding carboxylic acids is 1. The Kier molecular flexibility index (Phi) is 10.0. The highest BCUT2D eigenvalue weighted by Gasteiger charge is 2.18. The van der Waals surface area contributed by atoms with Crippen LogP contribution in [0, 0.1) is 0 Å². The molecule has 1 atom stereocenters. The van der Waals surface area contributed by atoms with Crippen LogP contribution in [0.4, 0.5) is 0 Å². The van der Waals surface area contributed by atoms with Crippen molar-refractivity contribution in [3.63, 3.8) is 0 Å². The molecular formula is C27H38N2O4. The molecule has 3 rings (SSSR count). The lowest BCUT2D eigenvalue weighted by Crippen LogP contribution is -2.38. The Bertz CT molecular complexity index is 867. The summed E-state index contributed by atoms with van der Waals surface area (Å²) in [5.74, 6) is 1.85. The molecule has 1 unspecified atom stereocenters. The number of rotatable bonds is 12. The standard InChI is InChI=1S/C27H38N2O4/c1-4-21(2)25-10-5-6-11-26(25)33-20-27(30)28-19-22-8-7-9-24(18-22)32-17-14-29(3)23-12-15-31-16-13-23/h5-11,18,21,23H,4,12-17,19-20H2,1-3H3,(H,28,30). The molecule has 2 aromatic carbocycles. The lowest BCUT2D eigenvalue weighted by atomic mass is 9.98. The Balaban J connectivity index is 1.41. The van der Waals surface area contributed by atoms with E-state index < -0.39 is 0 Å². The predicted molar refractivity (Wildman–Crippen MR) is 131 cm³/mol. The number of hydrogen-bond acceptors (Lipinski definition) is 5. The zero-order valence-corrected chi connectivity index (χ0v) is 20.2. The van der Waals surface area contributed by atoms with E-state index in [1.54, 1.807) is 0 Å². The molecule has 0 saturated carbocycles. The van der Waals surface area contributed by atoms with Crippen molar-refractivity contribution in [2.75, 3.05) is 40.0 Å². The Morgan fingerprint density at radius 1 is 1.15 bits per heavy atom. The SMILES string of the molecule is CCC(C)c1ccccc1OCC(=O)NCc1cccc(OCCN(C)C2CCOCC2)c1. The highest BCUT2D eigenvalue weighted by Crippen LogP contribution is 2.28. The molecule has 0 aromatic heterocycles. The quantitative estimate of drug-likeness (QED) is 0.516. The Morgan fingerprint density at radius 3 is 2.73 bits per heavy atom. The maximum absolute atomic E-state index is 12.3. The molecule has 6 heteroatoms. The van der Waals surface area contributed by atoms with E-state index in [-0.39, 0.29) is 12.5 Å². The summed E-state index contributed by atoms with van der Waals surface area (Å²) in [7, 11) is 2.15. The molecule has 180 valence electrons. The fourth-order valence-corrected chi connectivity index (χ4v) is 4.00. The molecule has 0 bridgehead atoms. The van der Waals surface area contributed by atoms with Gasteiger partial charge in [-0.25, -0.2) is 0 Å². The first kappa shape index (κ1) is 25.1. The van der Waals surface area contributed by atoms with E-state index >= 15 is 0 Å². The largest absolute Gasteiger partial charge is 0.492 e. The van der Waals surface area contributed by atoms with Gasteiger partial charge in [-0.15, -0.1) is 0 Å².